The van der Waals surface area contributed by atoms with E-state index < -0.39 is 0 Å². The molecular formula is C14H14IN3O. The van der Waals surface area contributed by atoms with E-state index in [1.54, 1.807) is 7.11 Å². The molecule has 5 heteroatoms. The van der Waals surface area contributed by atoms with Crippen LogP contribution in [-0.2, 0) is 0 Å². The van der Waals surface area contributed by atoms with Gasteiger partial charge in [-0.3, -0.25) is 5.43 Å². The van der Waals surface area contributed by atoms with Crippen molar-refractivity contribution >= 4 is 34.0 Å². The van der Waals surface area contributed by atoms with Crippen molar-refractivity contribution in [3.05, 3.63) is 51.6 Å². The summed E-state index contributed by atoms with van der Waals surface area (Å²) in [5, 5.41) is 8.15. The molecule has 0 aliphatic rings. The van der Waals surface area contributed by atoms with Crippen LogP contribution in [0.3, 0.4) is 0 Å². The van der Waals surface area contributed by atoms with Gasteiger partial charge in [0.15, 0.2) is 0 Å². The summed E-state index contributed by atoms with van der Waals surface area (Å²) < 4.78 is 6.17. The number of anilines is 1. The molecule has 0 amide bonds. The Morgan fingerprint density at radius 2 is 1.84 bits per heavy atom. The molecule has 2 aromatic carbocycles. The Labute approximate surface area is 126 Å². The maximum atomic E-state index is 5.09. The number of ether oxygens (including phenoxy) is 1. The summed E-state index contributed by atoms with van der Waals surface area (Å²) >= 11 is 2.25. The topological polar surface area (TPSA) is 46.0 Å². The van der Waals surface area contributed by atoms with Crippen molar-refractivity contribution in [1.29, 1.82) is 0 Å². The van der Waals surface area contributed by atoms with Crippen LogP contribution < -0.4 is 10.2 Å². The Balaban J connectivity index is 2.02. The zero-order valence-corrected chi connectivity index (χ0v) is 12.9. The van der Waals surface area contributed by atoms with Gasteiger partial charge in [0.2, 0.25) is 0 Å². The number of methoxy groups -OCH3 is 1. The molecule has 1 N–H and O–H groups in total. The van der Waals surface area contributed by atoms with E-state index in [-0.39, 0.29) is 0 Å². The van der Waals surface area contributed by atoms with Gasteiger partial charge in [0.25, 0.3) is 0 Å². The van der Waals surface area contributed by atoms with E-state index in [2.05, 4.69) is 51.3 Å². The minimum atomic E-state index is 0.815. The quantitative estimate of drug-likeness (QED) is 0.483. The number of hydrogen-bond donors (Lipinski definition) is 1. The molecule has 0 fully saturated rings. The summed E-state index contributed by atoms with van der Waals surface area (Å²) in [7, 11) is 1.64. The molecule has 98 valence electrons. The minimum Gasteiger partial charge on any atom is -0.497 e. The highest BCUT2D eigenvalue weighted by Crippen LogP contribution is 2.23. The number of halogens is 1. The van der Waals surface area contributed by atoms with Crippen molar-refractivity contribution in [3.63, 3.8) is 0 Å². The zero-order valence-electron chi connectivity index (χ0n) is 10.7. The largest absolute Gasteiger partial charge is 0.497 e. The summed E-state index contributed by atoms with van der Waals surface area (Å²) in [5.74, 6) is 0.815. The predicted molar refractivity (Wildman–Crippen MR) is 85.0 cm³/mol. The smallest absolute Gasteiger partial charge is 0.119 e. The summed E-state index contributed by atoms with van der Waals surface area (Å²) in [4.78, 5) is 0. The Bertz CT molecular complexity index is 582. The molecule has 2 aromatic rings. The minimum absolute atomic E-state index is 0.815. The van der Waals surface area contributed by atoms with Crippen LogP contribution in [0.15, 0.2) is 52.8 Å². The molecule has 0 radical (unpaired) electrons. The first-order valence-electron chi connectivity index (χ1n) is 5.76. The molecule has 19 heavy (non-hydrogen) atoms. The molecule has 0 atom stereocenters. The molecule has 0 aliphatic carbocycles. The monoisotopic (exact) mass is 367 g/mol. The highest BCUT2D eigenvalue weighted by molar-refractivity contribution is 14.1. The zero-order chi connectivity index (χ0) is 13.7. The first-order valence-corrected chi connectivity index (χ1v) is 6.84. The van der Waals surface area contributed by atoms with Crippen molar-refractivity contribution < 1.29 is 4.74 Å². The van der Waals surface area contributed by atoms with E-state index in [4.69, 9.17) is 4.74 Å². The second-order valence-corrected chi connectivity index (χ2v) is 5.16. The third-order valence-corrected chi connectivity index (χ3v) is 3.39. The fourth-order valence-electron chi connectivity index (χ4n) is 1.50. The highest BCUT2D eigenvalue weighted by atomic mass is 127. The third kappa shape index (κ3) is 3.92. The summed E-state index contributed by atoms with van der Waals surface area (Å²) in [6, 6.07) is 13.6. The lowest BCUT2D eigenvalue weighted by Crippen LogP contribution is -1.87. The Morgan fingerprint density at radius 1 is 1.11 bits per heavy atom. The van der Waals surface area contributed by atoms with E-state index in [0.29, 0.717) is 0 Å². The van der Waals surface area contributed by atoms with Gasteiger partial charge in [-0.1, -0.05) is 11.3 Å². The van der Waals surface area contributed by atoms with Gasteiger partial charge in [-0.15, -0.1) is 5.11 Å². The first kappa shape index (κ1) is 13.8. The molecule has 0 saturated carbocycles. The number of hydrogen-bond acceptors (Lipinski definition) is 3. The fraction of sp³-hybridized carbons (Fsp3) is 0.143. The maximum Gasteiger partial charge on any atom is 0.119 e. The second kappa shape index (κ2) is 6.51. The summed E-state index contributed by atoms with van der Waals surface area (Å²) in [6.45, 7) is 2.05. The standard InChI is InChI=1S/C14H14IN3O/c1-10-3-8-14(13(15)9-10)17-18-16-11-4-6-12(19-2)7-5-11/h3-9H,1-2H3,(H,16,17). The van der Waals surface area contributed by atoms with Gasteiger partial charge in [-0.2, -0.15) is 0 Å². The van der Waals surface area contributed by atoms with Crippen molar-refractivity contribution in [2.75, 3.05) is 12.5 Å². The summed E-state index contributed by atoms with van der Waals surface area (Å²) in [5.41, 5.74) is 5.82. The molecule has 4 nitrogen and oxygen atoms in total. The molecular weight excluding hydrogens is 353 g/mol. The van der Waals surface area contributed by atoms with Gasteiger partial charge in [0, 0.05) is 3.57 Å². The van der Waals surface area contributed by atoms with Crippen LogP contribution in [-0.4, -0.2) is 7.11 Å². The molecule has 0 spiro atoms. The molecule has 0 saturated heterocycles. The van der Waals surface area contributed by atoms with Crippen LogP contribution >= 0.6 is 22.6 Å². The molecule has 0 aromatic heterocycles. The van der Waals surface area contributed by atoms with Gasteiger partial charge in [0.1, 0.15) is 11.4 Å². The molecule has 0 unspecified atom stereocenters. The maximum absolute atomic E-state index is 5.09. The lowest BCUT2D eigenvalue weighted by molar-refractivity contribution is 0.415. The van der Waals surface area contributed by atoms with Crippen molar-refractivity contribution in [3.8, 4) is 5.75 Å². The van der Waals surface area contributed by atoms with Gasteiger partial charge in [0.05, 0.1) is 12.8 Å². The van der Waals surface area contributed by atoms with E-state index in [9.17, 15) is 0 Å². The van der Waals surface area contributed by atoms with Crippen LogP contribution in [0.1, 0.15) is 5.56 Å². The second-order valence-electron chi connectivity index (χ2n) is 4.00. The van der Waals surface area contributed by atoms with Crippen LogP contribution in [0.25, 0.3) is 0 Å². The number of aryl methyl sites for hydroxylation is 1. The Hall–Kier alpha value is -1.63. The van der Waals surface area contributed by atoms with Gasteiger partial charge < -0.3 is 4.74 Å². The van der Waals surface area contributed by atoms with Gasteiger partial charge in [-0.05, 0) is 71.5 Å². The lowest BCUT2D eigenvalue weighted by Gasteiger charge is -2.02. The SMILES string of the molecule is COc1ccc(NN=Nc2ccc(C)cc2I)cc1. The number of rotatable bonds is 4. The van der Waals surface area contributed by atoms with Crippen LogP contribution in [0.2, 0.25) is 0 Å². The van der Waals surface area contributed by atoms with Gasteiger partial charge >= 0.3 is 0 Å². The number of benzene rings is 2. The number of nitrogens with one attached hydrogen (secondary N) is 1. The van der Waals surface area contributed by atoms with E-state index in [0.717, 1.165) is 20.7 Å². The molecule has 2 rings (SSSR count). The normalized spacial score (nSPS) is 10.7. The van der Waals surface area contributed by atoms with E-state index in [1.165, 1.54) is 5.56 Å². The Morgan fingerprint density at radius 3 is 2.47 bits per heavy atom. The fourth-order valence-corrected chi connectivity index (χ4v) is 2.27. The number of nitrogens with zero attached hydrogens (tertiary/aromatic N) is 2. The van der Waals surface area contributed by atoms with Crippen molar-refractivity contribution in [2.45, 2.75) is 6.92 Å². The van der Waals surface area contributed by atoms with Crippen molar-refractivity contribution in [1.82, 2.24) is 0 Å². The van der Waals surface area contributed by atoms with E-state index >= 15 is 0 Å². The lowest BCUT2D eigenvalue weighted by atomic mass is 10.2. The van der Waals surface area contributed by atoms with Crippen molar-refractivity contribution in [2.24, 2.45) is 10.3 Å². The highest BCUT2D eigenvalue weighted by Gasteiger charge is 1.97. The average Bonchev–Trinajstić information content (AvgIpc) is 2.42. The van der Waals surface area contributed by atoms with Crippen LogP contribution in [0, 0.1) is 10.5 Å². The first-order chi connectivity index (χ1) is 9.19. The molecule has 0 heterocycles. The molecule has 0 bridgehead atoms. The summed E-state index contributed by atoms with van der Waals surface area (Å²) in [6.07, 6.45) is 0. The van der Waals surface area contributed by atoms with Crippen LogP contribution in [0.5, 0.6) is 5.75 Å². The third-order valence-electron chi connectivity index (χ3n) is 2.53. The van der Waals surface area contributed by atoms with Crippen LogP contribution in [0.4, 0.5) is 11.4 Å². The predicted octanol–water partition coefficient (Wildman–Crippen LogP) is 4.72. The van der Waals surface area contributed by atoms with Gasteiger partial charge in [-0.25, -0.2) is 0 Å². The Kier molecular flexibility index (Phi) is 4.73. The molecule has 0 aliphatic heterocycles. The average molecular weight is 367 g/mol. The van der Waals surface area contributed by atoms with E-state index in [1.807, 2.05) is 36.4 Å².